The van der Waals surface area contributed by atoms with Crippen molar-refractivity contribution in [1.82, 2.24) is 4.98 Å². The third-order valence-electron chi connectivity index (χ3n) is 2.46. The van der Waals surface area contributed by atoms with Crippen LogP contribution in [0.3, 0.4) is 0 Å². The topological polar surface area (TPSA) is 63.3 Å². The van der Waals surface area contributed by atoms with E-state index in [-0.39, 0.29) is 5.56 Å². The molecule has 2 heterocycles. The van der Waals surface area contributed by atoms with Crippen molar-refractivity contribution in [2.24, 2.45) is 0 Å². The van der Waals surface area contributed by atoms with Gasteiger partial charge in [-0.1, -0.05) is 6.07 Å². The summed E-state index contributed by atoms with van der Waals surface area (Å²) in [4.78, 5) is 15.4. The first-order valence-corrected chi connectivity index (χ1v) is 6.69. The van der Waals surface area contributed by atoms with Crippen LogP contribution in [0.25, 0.3) is 22.6 Å². The zero-order valence-electron chi connectivity index (χ0n) is 8.88. The lowest BCUT2D eigenvalue weighted by atomic mass is 10.2. The number of oxazole rings is 1. The number of fused-ring (bicyclic) bond motifs is 1. The molecular weight excluding hydrogens is 318 g/mol. The van der Waals surface area contributed by atoms with Crippen molar-refractivity contribution in [3.05, 3.63) is 39.0 Å². The number of benzene rings is 1. The van der Waals surface area contributed by atoms with Gasteiger partial charge in [-0.05, 0) is 34.1 Å². The maximum Gasteiger partial charge on any atom is 0.339 e. The summed E-state index contributed by atoms with van der Waals surface area (Å²) in [5.41, 5.74) is 1.81. The molecule has 0 unspecified atom stereocenters. The third-order valence-corrected chi connectivity index (χ3v) is 3.96. The molecule has 90 valence electrons. The van der Waals surface area contributed by atoms with E-state index in [4.69, 9.17) is 9.52 Å². The van der Waals surface area contributed by atoms with Crippen LogP contribution in [-0.2, 0) is 0 Å². The van der Waals surface area contributed by atoms with Gasteiger partial charge in [0.15, 0.2) is 5.58 Å². The van der Waals surface area contributed by atoms with Crippen molar-refractivity contribution < 1.29 is 14.3 Å². The van der Waals surface area contributed by atoms with Crippen LogP contribution in [0.1, 0.15) is 10.4 Å². The summed E-state index contributed by atoms with van der Waals surface area (Å²) in [6.07, 6.45) is 0. The van der Waals surface area contributed by atoms with Gasteiger partial charge < -0.3 is 9.52 Å². The minimum atomic E-state index is -1.02. The Morgan fingerprint density at radius 2 is 2.28 bits per heavy atom. The molecule has 0 atom stereocenters. The van der Waals surface area contributed by atoms with Crippen molar-refractivity contribution in [3.8, 4) is 11.5 Å². The molecular formula is C12H6BrNO3S. The number of rotatable bonds is 2. The van der Waals surface area contributed by atoms with Gasteiger partial charge in [-0.25, -0.2) is 9.78 Å². The van der Waals surface area contributed by atoms with E-state index >= 15 is 0 Å². The molecule has 0 fully saturated rings. The lowest BCUT2D eigenvalue weighted by Crippen LogP contribution is -1.95. The molecule has 0 bridgehead atoms. The van der Waals surface area contributed by atoms with E-state index in [1.165, 1.54) is 17.4 Å². The van der Waals surface area contributed by atoms with Crippen molar-refractivity contribution >= 4 is 44.3 Å². The minimum Gasteiger partial charge on any atom is -0.478 e. The van der Waals surface area contributed by atoms with Gasteiger partial charge in [0.2, 0.25) is 5.89 Å². The molecule has 0 aliphatic heterocycles. The van der Waals surface area contributed by atoms with Crippen molar-refractivity contribution in [2.75, 3.05) is 0 Å². The smallest absolute Gasteiger partial charge is 0.339 e. The highest BCUT2D eigenvalue weighted by Crippen LogP contribution is 2.31. The molecule has 6 heteroatoms. The number of aromatic carboxylic acids is 1. The van der Waals surface area contributed by atoms with Gasteiger partial charge in [0, 0.05) is 10.9 Å². The van der Waals surface area contributed by atoms with Gasteiger partial charge in [-0.15, -0.1) is 11.3 Å². The number of para-hydroxylation sites is 1. The van der Waals surface area contributed by atoms with Crippen LogP contribution in [0.15, 0.2) is 37.8 Å². The fourth-order valence-corrected chi connectivity index (χ4v) is 2.79. The Morgan fingerprint density at radius 3 is 2.94 bits per heavy atom. The van der Waals surface area contributed by atoms with E-state index in [0.29, 0.717) is 17.0 Å². The number of nitrogens with zero attached hydrogens (tertiary/aromatic N) is 1. The highest BCUT2D eigenvalue weighted by Gasteiger charge is 2.15. The molecule has 0 saturated carbocycles. The van der Waals surface area contributed by atoms with Crippen LogP contribution in [0.5, 0.6) is 0 Å². The Balaban J connectivity index is 2.22. The molecule has 0 amide bonds. The Kier molecular flexibility index (Phi) is 2.68. The fourth-order valence-electron chi connectivity index (χ4n) is 1.66. The molecule has 0 saturated heterocycles. The largest absolute Gasteiger partial charge is 0.478 e. The lowest BCUT2D eigenvalue weighted by molar-refractivity contribution is 0.0698. The van der Waals surface area contributed by atoms with E-state index in [0.717, 1.165) is 9.35 Å². The monoisotopic (exact) mass is 323 g/mol. The second-order valence-electron chi connectivity index (χ2n) is 3.62. The second-order valence-corrected chi connectivity index (χ2v) is 5.91. The zero-order chi connectivity index (χ0) is 12.7. The molecule has 0 spiro atoms. The van der Waals surface area contributed by atoms with E-state index in [1.54, 1.807) is 12.1 Å². The van der Waals surface area contributed by atoms with Crippen LogP contribution < -0.4 is 0 Å². The summed E-state index contributed by atoms with van der Waals surface area (Å²) in [6.45, 7) is 0. The number of hydrogen-bond donors (Lipinski definition) is 1. The number of carboxylic acid groups (broad SMARTS) is 1. The first kappa shape index (κ1) is 11.4. The van der Waals surface area contributed by atoms with Crippen LogP contribution in [0.4, 0.5) is 0 Å². The Hall–Kier alpha value is -1.66. The normalized spacial score (nSPS) is 10.9. The molecule has 2 aromatic heterocycles. The van der Waals surface area contributed by atoms with Crippen LogP contribution in [0.2, 0.25) is 0 Å². The van der Waals surface area contributed by atoms with Crippen molar-refractivity contribution in [1.29, 1.82) is 0 Å². The summed E-state index contributed by atoms with van der Waals surface area (Å²) in [5.74, 6) is -0.588. The van der Waals surface area contributed by atoms with Gasteiger partial charge >= 0.3 is 5.97 Å². The first-order valence-electron chi connectivity index (χ1n) is 5.02. The summed E-state index contributed by atoms with van der Waals surface area (Å²) in [6, 6.07) is 6.77. The average molecular weight is 324 g/mol. The van der Waals surface area contributed by atoms with Gasteiger partial charge in [-0.2, -0.15) is 0 Å². The summed E-state index contributed by atoms with van der Waals surface area (Å²) >= 11 is 4.89. The highest BCUT2D eigenvalue weighted by molar-refractivity contribution is 9.11. The summed E-state index contributed by atoms with van der Waals surface area (Å²) in [5, 5.41) is 11.0. The number of carbonyl (C=O) groups is 1. The van der Waals surface area contributed by atoms with E-state index in [1.807, 2.05) is 11.4 Å². The number of hydrogen-bond acceptors (Lipinski definition) is 4. The number of thiophene rings is 1. The first-order chi connectivity index (χ1) is 8.65. The second kappa shape index (κ2) is 4.22. The molecule has 3 aromatic rings. The van der Waals surface area contributed by atoms with Crippen molar-refractivity contribution in [2.45, 2.75) is 0 Å². The lowest BCUT2D eigenvalue weighted by Gasteiger charge is -1.92. The Bertz CT molecular complexity index is 747. The summed E-state index contributed by atoms with van der Waals surface area (Å²) < 4.78 is 6.52. The van der Waals surface area contributed by atoms with Crippen molar-refractivity contribution in [3.63, 3.8) is 0 Å². The van der Waals surface area contributed by atoms with Gasteiger partial charge in [0.05, 0.1) is 3.79 Å². The average Bonchev–Trinajstić information content (AvgIpc) is 2.93. The predicted octanol–water partition coefficient (Wildman–Crippen LogP) is 4.02. The number of halogens is 1. The molecule has 4 nitrogen and oxygen atoms in total. The maximum absolute atomic E-state index is 11.1. The number of carboxylic acids is 1. The molecule has 3 rings (SSSR count). The van der Waals surface area contributed by atoms with Gasteiger partial charge in [0.25, 0.3) is 0 Å². The minimum absolute atomic E-state index is 0.126. The predicted molar refractivity (Wildman–Crippen MR) is 72.0 cm³/mol. The summed E-state index contributed by atoms with van der Waals surface area (Å²) in [7, 11) is 0. The standard InChI is InChI=1S/C12H6BrNO3S/c13-9-4-6(5-18-9)11-14-8-3-1-2-7(12(15)16)10(8)17-11/h1-5H,(H,15,16). The van der Waals surface area contributed by atoms with Gasteiger partial charge in [-0.3, -0.25) is 0 Å². The molecule has 0 aliphatic carbocycles. The SMILES string of the molecule is O=C(O)c1cccc2nc(-c3csc(Br)c3)oc12. The van der Waals surface area contributed by atoms with E-state index in [9.17, 15) is 4.79 Å². The van der Waals surface area contributed by atoms with Crippen LogP contribution in [-0.4, -0.2) is 16.1 Å². The fraction of sp³-hybridized carbons (Fsp3) is 0. The Labute approximate surface area is 114 Å². The Morgan fingerprint density at radius 1 is 1.44 bits per heavy atom. The number of aromatic nitrogens is 1. The molecule has 18 heavy (non-hydrogen) atoms. The molecule has 1 aromatic carbocycles. The molecule has 1 N–H and O–H groups in total. The van der Waals surface area contributed by atoms with E-state index in [2.05, 4.69) is 20.9 Å². The quantitative estimate of drug-likeness (QED) is 0.773. The zero-order valence-corrected chi connectivity index (χ0v) is 11.3. The molecule has 0 radical (unpaired) electrons. The van der Waals surface area contributed by atoms with Gasteiger partial charge in [0.1, 0.15) is 11.1 Å². The highest BCUT2D eigenvalue weighted by atomic mass is 79.9. The van der Waals surface area contributed by atoms with E-state index < -0.39 is 5.97 Å². The third kappa shape index (κ3) is 1.83. The van der Waals surface area contributed by atoms with Crippen LogP contribution >= 0.6 is 27.3 Å². The maximum atomic E-state index is 11.1. The van der Waals surface area contributed by atoms with Crippen LogP contribution in [0, 0.1) is 0 Å². The molecule has 0 aliphatic rings.